The van der Waals surface area contributed by atoms with Gasteiger partial charge in [0.2, 0.25) is 0 Å². The smallest absolute Gasteiger partial charge is 0.381 e. The van der Waals surface area contributed by atoms with E-state index in [4.69, 9.17) is 10.5 Å². The summed E-state index contributed by atoms with van der Waals surface area (Å²) in [6.07, 6.45) is -1.41. The lowest BCUT2D eigenvalue weighted by Gasteiger charge is -2.18. The molecule has 0 rings (SSSR count). The Balaban J connectivity index is 3.54. The number of hydrogen-bond donors (Lipinski definition) is 1. The van der Waals surface area contributed by atoms with Crippen molar-refractivity contribution in [1.82, 2.24) is 0 Å². The van der Waals surface area contributed by atoms with Gasteiger partial charge in [0.25, 0.3) is 0 Å². The van der Waals surface area contributed by atoms with Crippen LogP contribution in [-0.2, 0) is 4.74 Å². The fraction of sp³-hybridized carbons (Fsp3) is 1.00. The summed E-state index contributed by atoms with van der Waals surface area (Å²) in [5.41, 5.74) is 5.00. The first kappa shape index (κ1) is 13.7. The molecule has 0 aliphatic carbocycles. The Bertz CT molecular complexity index is 139. The van der Waals surface area contributed by atoms with Gasteiger partial charge in [0, 0.05) is 13.2 Å². The van der Waals surface area contributed by atoms with Gasteiger partial charge >= 0.3 is 6.18 Å². The van der Waals surface area contributed by atoms with E-state index < -0.39 is 18.6 Å². The molecule has 2 N–H and O–H groups in total. The zero-order chi connectivity index (χ0) is 11.0. The molecule has 86 valence electrons. The molecule has 0 aliphatic heterocycles. The average Bonchev–Trinajstić information content (AvgIpc) is 2.09. The van der Waals surface area contributed by atoms with Crippen LogP contribution in [0.15, 0.2) is 0 Å². The maximum atomic E-state index is 12.1. The highest BCUT2D eigenvalue weighted by Crippen LogP contribution is 2.25. The van der Waals surface area contributed by atoms with Gasteiger partial charge in [-0.25, -0.2) is 0 Å². The van der Waals surface area contributed by atoms with Crippen LogP contribution in [0.2, 0.25) is 0 Å². The molecular formula is C9H18F3NO. The molecule has 0 heterocycles. The summed E-state index contributed by atoms with van der Waals surface area (Å²) in [5.74, 6) is -1.52. The Labute approximate surface area is 82.6 Å². The highest BCUT2D eigenvalue weighted by molar-refractivity contribution is 4.67. The third kappa shape index (κ3) is 6.21. The first-order valence-corrected chi connectivity index (χ1v) is 4.86. The molecule has 14 heavy (non-hydrogen) atoms. The highest BCUT2D eigenvalue weighted by Gasteiger charge is 2.38. The van der Waals surface area contributed by atoms with Crippen molar-refractivity contribution < 1.29 is 17.9 Å². The van der Waals surface area contributed by atoms with Gasteiger partial charge in [0.15, 0.2) is 0 Å². The molecule has 0 radical (unpaired) electrons. The maximum Gasteiger partial charge on any atom is 0.395 e. The predicted octanol–water partition coefficient (Wildman–Crippen LogP) is 2.33. The Hall–Kier alpha value is -0.290. The Morgan fingerprint density at radius 1 is 1.29 bits per heavy atom. The van der Waals surface area contributed by atoms with Gasteiger partial charge in [-0.2, -0.15) is 13.2 Å². The maximum absolute atomic E-state index is 12.1. The number of alkyl halides is 3. The minimum atomic E-state index is -4.24. The second-order valence-corrected chi connectivity index (χ2v) is 3.26. The van der Waals surface area contributed by atoms with E-state index in [1.807, 2.05) is 6.92 Å². The van der Waals surface area contributed by atoms with Crippen LogP contribution in [0.25, 0.3) is 0 Å². The lowest BCUT2D eigenvalue weighted by Crippen LogP contribution is -2.34. The largest absolute Gasteiger partial charge is 0.395 e. The third-order valence-electron chi connectivity index (χ3n) is 1.96. The van der Waals surface area contributed by atoms with Crippen LogP contribution in [0.1, 0.15) is 26.2 Å². The van der Waals surface area contributed by atoms with Gasteiger partial charge < -0.3 is 10.5 Å². The van der Waals surface area contributed by atoms with Crippen molar-refractivity contribution >= 4 is 0 Å². The van der Waals surface area contributed by atoms with E-state index >= 15 is 0 Å². The van der Waals surface area contributed by atoms with E-state index in [1.165, 1.54) is 0 Å². The number of ether oxygens (including phenoxy) is 1. The Morgan fingerprint density at radius 2 is 1.93 bits per heavy atom. The lowest BCUT2D eigenvalue weighted by molar-refractivity contribution is -0.185. The standard InChI is InChI=1S/C9H18F3NO/c1-2-3-4-5-14-7-8(6-13)9(10,11)12/h8H,2-7,13H2,1H3. The second kappa shape index (κ2) is 7.06. The van der Waals surface area contributed by atoms with Crippen LogP contribution in [0.4, 0.5) is 13.2 Å². The quantitative estimate of drug-likeness (QED) is 0.659. The molecule has 1 atom stereocenters. The Kier molecular flexibility index (Phi) is 6.92. The molecule has 0 aromatic heterocycles. The highest BCUT2D eigenvalue weighted by atomic mass is 19.4. The lowest BCUT2D eigenvalue weighted by atomic mass is 10.1. The monoisotopic (exact) mass is 213 g/mol. The molecule has 0 fully saturated rings. The van der Waals surface area contributed by atoms with Crippen molar-refractivity contribution in [2.75, 3.05) is 19.8 Å². The average molecular weight is 213 g/mol. The molecule has 0 aromatic rings. The van der Waals surface area contributed by atoms with Gasteiger partial charge in [-0.3, -0.25) is 0 Å². The van der Waals surface area contributed by atoms with E-state index in [0.717, 1.165) is 19.3 Å². The number of unbranched alkanes of at least 4 members (excludes halogenated alkanes) is 2. The minimum Gasteiger partial charge on any atom is -0.381 e. The van der Waals surface area contributed by atoms with E-state index in [0.29, 0.717) is 6.61 Å². The summed E-state index contributed by atoms with van der Waals surface area (Å²) in [5, 5.41) is 0. The van der Waals surface area contributed by atoms with Gasteiger partial charge in [0.1, 0.15) is 0 Å². The van der Waals surface area contributed by atoms with Crippen LogP contribution in [0.3, 0.4) is 0 Å². The van der Waals surface area contributed by atoms with Crippen molar-refractivity contribution in [2.24, 2.45) is 11.7 Å². The van der Waals surface area contributed by atoms with Crippen LogP contribution >= 0.6 is 0 Å². The molecular weight excluding hydrogens is 195 g/mol. The van der Waals surface area contributed by atoms with Crippen molar-refractivity contribution in [3.8, 4) is 0 Å². The summed E-state index contributed by atoms with van der Waals surface area (Å²) in [4.78, 5) is 0. The van der Waals surface area contributed by atoms with Gasteiger partial charge in [0.05, 0.1) is 12.5 Å². The fourth-order valence-corrected chi connectivity index (χ4v) is 0.976. The van der Waals surface area contributed by atoms with Crippen molar-refractivity contribution in [3.63, 3.8) is 0 Å². The predicted molar refractivity (Wildman–Crippen MR) is 48.9 cm³/mol. The van der Waals surface area contributed by atoms with E-state index in [1.54, 1.807) is 0 Å². The second-order valence-electron chi connectivity index (χ2n) is 3.26. The molecule has 0 saturated carbocycles. The fourth-order valence-electron chi connectivity index (χ4n) is 0.976. The minimum absolute atomic E-state index is 0.316. The summed E-state index contributed by atoms with van der Waals surface area (Å²) >= 11 is 0. The summed E-state index contributed by atoms with van der Waals surface area (Å²) in [7, 11) is 0. The molecule has 2 nitrogen and oxygen atoms in total. The summed E-state index contributed by atoms with van der Waals surface area (Å²) in [6.45, 7) is 1.69. The van der Waals surface area contributed by atoms with Crippen molar-refractivity contribution in [2.45, 2.75) is 32.4 Å². The van der Waals surface area contributed by atoms with E-state index in [9.17, 15) is 13.2 Å². The topological polar surface area (TPSA) is 35.2 Å². The first-order chi connectivity index (χ1) is 6.52. The van der Waals surface area contributed by atoms with Gasteiger partial charge in [-0.05, 0) is 6.42 Å². The molecule has 0 saturated heterocycles. The van der Waals surface area contributed by atoms with Gasteiger partial charge in [-0.15, -0.1) is 0 Å². The summed E-state index contributed by atoms with van der Waals surface area (Å²) < 4.78 is 41.3. The molecule has 0 aromatic carbocycles. The summed E-state index contributed by atoms with van der Waals surface area (Å²) in [6, 6.07) is 0. The van der Waals surface area contributed by atoms with Crippen LogP contribution in [0.5, 0.6) is 0 Å². The molecule has 5 heteroatoms. The molecule has 1 unspecified atom stereocenters. The first-order valence-electron chi connectivity index (χ1n) is 4.86. The molecule has 0 spiro atoms. The number of halogens is 3. The van der Waals surface area contributed by atoms with Gasteiger partial charge in [-0.1, -0.05) is 19.8 Å². The number of rotatable bonds is 7. The normalized spacial score (nSPS) is 14.4. The third-order valence-corrected chi connectivity index (χ3v) is 1.96. The Morgan fingerprint density at radius 3 is 2.36 bits per heavy atom. The molecule has 0 amide bonds. The van der Waals surface area contributed by atoms with E-state index in [-0.39, 0.29) is 6.61 Å². The van der Waals surface area contributed by atoms with Crippen molar-refractivity contribution in [3.05, 3.63) is 0 Å². The van der Waals surface area contributed by atoms with Crippen LogP contribution in [-0.4, -0.2) is 25.9 Å². The zero-order valence-corrected chi connectivity index (χ0v) is 8.44. The SMILES string of the molecule is CCCCCOCC(CN)C(F)(F)F. The number of nitrogens with two attached hydrogens (primary N) is 1. The molecule has 0 aliphatic rings. The number of hydrogen-bond acceptors (Lipinski definition) is 2. The van der Waals surface area contributed by atoms with Crippen LogP contribution < -0.4 is 5.73 Å². The van der Waals surface area contributed by atoms with E-state index in [2.05, 4.69) is 0 Å². The zero-order valence-electron chi connectivity index (χ0n) is 8.44. The van der Waals surface area contributed by atoms with Crippen LogP contribution in [0, 0.1) is 5.92 Å². The van der Waals surface area contributed by atoms with Crippen molar-refractivity contribution in [1.29, 1.82) is 0 Å². The molecule has 0 bridgehead atoms.